The van der Waals surface area contributed by atoms with Gasteiger partial charge in [0, 0.05) is 18.3 Å². The number of halogens is 1. The van der Waals surface area contributed by atoms with Gasteiger partial charge in [-0.25, -0.2) is 9.97 Å². The molecule has 0 radical (unpaired) electrons. The summed E-state index contributed by atoms with van der Waals surface area (Å²) < 4.78 is 0. The van der Waals surface area contributed by atoms with E-state index in [0.717, 1.165) is 17.1 Å². The summed E-state index contributed by atoms with van der Waals surface area (Å²) in [6, 6.07) is 8.30. The van der Waals surface area contributed by atoms with E-state index in [1.165, 1.54) is 5.56 Å². The molecule has 0 aliphatic carbocycles. The van der Waals surface area contributed by atoms with Gasteiger partial charge in [-0.05, 0) is 32.9 Å². The van der Waals surface area contributed by atoms with Crippen molar-refractivity contribution >= 4 is 23.1 Å². The van der Waals surface area contributed by atoms with Crippen molar-refractivity contribution < 1.29 is 0 Å². The van der Waals surface area contributed by atoms with Gasteiger partial charge in [-0.15, -0.1) is 0 Å². The van der Waals surface area contributed by atoms with Crippen molar-refractivity contribution in [1.82, 2.24) is 9.97 Å². The minimum absolute atomic E-state index is 0.511. The Morgan fingerprint density at radius 2 is 1.61 bits per heavy atom. The van der Waals surface area contributed by atoms with Gasteiger partial charge in [0.1, 0.15) is 16.8 Å². The Balaban J connectivity index is 2.45. The molecule has 0 saturated carbocycles. The molecule has 0 saturated heterocycles. The number of anilines is 2. The highest BCUT2D eigenvalue weighted by atomic mass is 35.5. The topological polar surface area (TPSA) is 29.0 Å². The van der Waals surface area contributed by atoms with E-state index in [2.05, 4.69) is 41.2 Å². The van der Waals surface area contributed by atoms with Crippen molar-refractivity contribution in [3.8, 4) is 0 Å². The molecule has 0 aliphatic heterocycles. The van der Waals surface area contributed by atoms with Crippen LogP contribution in [0.4, 0.5) is 11.5 Å². The summed E-state index contributed by atoms with van der Waals surface area (Å²) in [5.74, 6) is 1.52. The van der Waals surface area contributed by atoms with E-state index in [-0.39, 0.29) is 0 Å². The van der Waals surface area contributed by atoms with Crippen LogP contribution in [0.5, 0.6) is 0 Å². The maximum Gasteiger partial charge on any atom is 0.140 e. The fourth-order valence-corrected chi connectivity index (χ4v) is 2.00. The largest absolute Gasteiger partial charge is 0.329 e. The van der Waals surface area contributed by atoms with Crippen molar-refractivity contribution in [3.05, 3.63) is 46.4 Å². The van der Waals surface area contributed by atoms with Crippen molar-refractivity contribution in [1.29, 1.82) is 0 Å². The minimum atomic E-state index is 0.511. The van der Waals surface area contributed by atoms with Gasteiger partial charge in [0.15, 0.2) is 0 Å². The fourth-order valence-electron chi connectivity index (χ4n) is 1.80. The lowest BCUT2D eigenvalue weighted by Gasteiger charge is -2.21. The van der Waals surface area contributed by atoms with Gasteiger partial charge < -0.3 is 4.90 Å². The highest BCUT2D eigenvalue weighted by Gasteiger charge is 2.12. The van der Waals surface area contributed by atoms with Crippen molar-refractivity contribution in [2.24, 2.45) is 0 Å². The molecule has 94 valence electrons. The van der Waals surface area contributed by atoms with Gasteiger partial charge in [-0.3, -0.25) is 0 Å². The quantitative estimate of drug-likeness (QED) is 0.770. The second kappa shape index (κ2) is 4.94. The zero-order valence-electron chi connectivity index (χ0n) is 11.0. The van der Waals surface area contributed by atoms with Crippen molar-refractivity contribution in [2.75, 3.05) is 11.9 Å². The van der Waals surface area contributed by atoms with Crippen LogP contribution in [-0.4, -0.2) is 17.0 Å². The lowest BCUT2D eigenvalue weighted by molar-refractivity contribution is 0.992. The molecule has 0 spiro atoms. The van der Waals surface area contributed by atoms with Gasteiger partial charge in [-0.2, -0.15) is 0 Å². The van der Waals surface area contributed by atoms with E-state index in [4.69, 9.17) is 11.6 Å². The first-order chi connectivity index (χ1) is 8.49. The molecule has 1 aromatic heterocycles. The first kappa shape index (κ1) is 12.8. The minimum Gasteiger partial charge on any atom is -0.329 e. The number of aromatic nitrogens is 2. The predicted molar refractivity (Wildman–Crippen MR) is 75.8 cm³/mol. The van der Waals surface area contributed by atoms with E-state index in [1.54, 1.807) is 0 Å². The third kappa shape index (κ3) is 2.46. The zero-order chi connectivity index (χ0) is 13.3. The molecular formula is C14H16ClN3. The summed E-state index contributed by atoms with van der Waals surface area (Å²) in [6.45, 7) is 5.85. The average Bonchev–Trinajstić information content (AvgIpc) is 2.34. The van der Waals surface area contributed by atoms with E-state index in [1.807, 2.05) is 25.8 Å². The van der Waals surface area contributed by atoms with Crippen LogP contribution in [-0.2, 0) is 0 Å². The van der Waals surface area contributed by atoms with Crippen LogP contribution < -0.4 is 4.90 Å². The third-order valence-electron chi connectivity index (χ3n) is 2.91. The Morgan fingerprint density at radius 3 is 2.22 bits per heavy atom. The normalized spacial score (nSPS) is 10.5. The number of aryl methyl sites for hydroxylation is 2. The molecule has 4 heteroatoms. The zero-order valence-corrected chi connectivity index (χ0v) is 11.8. The van der Waals surface area contributed by atoms with Crippen LogP contribution in [0.15, 0.2) is 24.3 Å². The lowest BCUT2D eigenvalue weighted by atomic mass is 10.2. The van der Waals surface area contributed by atoms with Crippen LogP contribution in [0, 0.1) is 20.8 Å². The van der Waals surface area contributed by atoms with Crippen LogP contribution >= 0.6 is 11.6 Å². The highest BCUT2D eigenvalue weighted by Crippen LogP contribution is 2.28. The molecule has 0 amide bonds. The monoisotopic (exact) mass is 261 g/mol. The molecule has 0 N–H and O–H groups in total. The van der Waals surface area contributed by atoms with Gasteiger partial charge in [0.25, 0.3) is 0 Å². The molecule has 0 unspecified atom stereocenters. The Morgan fingerprint density at radius 1 is 1.00 bits per heavy atom. The molecular weight excluding hydrogens is 246 g/mol. The van der Waals surface area contributed by atoms with Gasteiger partial charge in [0.2, 0.25) is 0 Å². The van der Waals surface area contributed by atoms with Gasteiger partial charge in [0.05, 0.1) is 0 Å². The van der Waals surface area contributed by atoms with Crippen LogP contribution in [0.1, 0.15) is 17.0 Å². The standard InChI is InChI=1S/C14H16ClN3/c1-9-5-7-12(8-6-9)18(4)14-10(2)13(15)16-11(3)17-14/h5-8H,1-4H3. The molecule has 0 aliphatic rings. The fraction of sp³-hybridized carbons (Fsp3) is 0.286. The molecule has 0 fully saturated rings. The van der Waals surface area contributed by atoms with Gasteiger partial charge in [-0.1, -0.05) is 29.3 Å². The molecule has 18 heavy (non-hydrogen) atoms. The molecule has 0 bridgehead atoms. The lowest BCUT2D eigenvalue weighted by Crippen LogP contribution is -2.14. The molecule has 1 aromatic carbocycles. The number of benzene rings is 1. The highest BCUT2D eigenvalue weighted by molar-refractivity contribution is 6.30. The summed E-state index contributed by atoms with van der Waals surface area (Å²) in [7, 11) is 1.98. The summed E-state index contributed by atoms with van der Waals surface area (Å²) >= 11 is 6.10. The summed E-state index contributed by atoms with van der Waals surface area (Å²) in [6.07, 6.45) is 0. The summed E-state index contributed by atoms with van der Waals surface area (Å²) in [5.41, 5.74) is 3.21. The second-order valence-corrected chi connectivity index (χ2v) is 4.76. The number of nitrogens with zero attached hydrogens (tertiary/aromatic N) is 3. The first-order valence-electron chi connectivity index (χ1n) is 5.80. The van der Waals surface area contributed by atoms with Crippen molar-refractivity contribution in [2.45, 2.75) is 20.8 Å². The smallest absolute Gasteiger partial charge is 0.140 e. The molecule has 0 atom stereocenters. The van der Waals surface area contributed by atoms with E-state index < -0.39 is 0 Å². The molecule has 3 nitrogen and oxygen atoms in total. The van der Waals surface area contributed by atoms with E-state index >= 15 is 0 Å². The Bertz CT molecular complexity index is 564. The summed E-state index contributed by atoms with van der Waals surface area (Å²) in [4.78, 5) is 10.6. The van der Waals surface area contributed by atoms with Crippen LogP contribution in [0.25, 0.3) is 0 Å². The average molecular weight is 262 g/mol. The number of hydrogen-bond donors (Lipinski definition) is 0. The van der Waals surface area contributed by atoms with E-state index in [0.29, 0.717) is 11.0 Å². The Labute approximate surface area is 112 Å². The maximum atomic E-state index is 6.10. The third-order valence-corrected chi connectivity index (χ3v) is 3.28. The SMILES string of the molecule is Cc1ccc(N(C)c2nc(C)nc(Cl)c2C)cc1. The van der Waals surface area contributed by atoms with E-state index in [9.17, 15) is 0 Å². The molecule has 2 aromatic rings. The molecule has 1 heterocycles. The van der Waals surface area contributed by atoms with Crippen LogP contribution in [0.2, 0.25) is 5.15 Å². The Hall–Kier alpha value is -1.61. The second-order valence-electron chi connectivity index (χ2n) is 4.40. The summed E-state index contributed by atoms with van der Waals surface area (Å²) in [5, 5.41) is 0.511. The number of rotatable bonds is 2. The Kier molecular flexibility index (Phi) is 3.53. The van der Waals surface area contributed by atoms with Gasteiger partial charge >= 0.3 is 0 Å². The van der Waals surface area contributed by atoms with Crippen LogP contribution in [0.3, 0.4) is 0 Å². The number of hydrogen-bond acceptors (Lipinski definition) is 3. The predicted octanol–water partition coefficient (Wildman–Crippen LogP) is 3.82. The first-order valence-corrected chi connectivity index (χ1v) is 6.18. The maximum absolute atomic E-state index is 6.10. The van der Waals surface area contributed by atoms with Crippen molar-refractivity contribution in [3.63, 3.8) is 0 Å². The molecule has 2 rings (SSSR count).